The number of nitrogens with two attached hydrogens (primary N) is 1. The molecule has 0 aliphatic carbocycles. The number of halogens is 2. The van der Waals surface area contributed by atoms with E-state index in [0.717, 1.165) is 26.6 Å². The fourth-order valence-corrected chi connectivity index (χ4v) is 4.10. The normalized spacial score (nSPS) is 13.2. The minimum atomic E-state index is -0.315. The quantitative estimate of drug-likeness (QED) is 0.622. The number of thiophene rings is 1. The Labute approximate surface area is 176 Å². The second-order valence-electron chi connectivity index (χ2n) is 6.53. The van der Waals surface area contributed by atoms with Gasteiger partial charge in [-0.3, -0.25) is 9.36 Å². The number of carbonyl (C=O) groups excluding carboxylic acids is 1. The maximum atomic E-state index is 12.7. The molecule has 0 spiro atoms. The molecule has 3 heterocycles. The van der Waals surface area contributed by atoms with Gasteiger partial charge in [0.05, 0.1) is 25.8 Å². The van der Waals surface area contributed by atoms with Crippen molar-refractivity contribution in [3.63, 3.8) is 0 Å². The van der Waals surface area contributed by atoms with E-state index in [-0.39, 0.29) is 37.1 Å². The molecule has 0 unspecified atom stereocenters. The van der Waals surface area contributed by atoms with Gasteiger partial charge in [0.1, 0.15) is 6.33 Å². The van der Waals surface area contributed by atoms with Gasteiger partial charge in [0, 0.05) is 22.0 Å². The number of hydrogen-bond donors (Lipinski definition) is 2. The van der Waals surface area contributed by atoms with Crippen LogP contribution in [0.2, 0.25) is 0 Å². The highest BCUT2D eigenvalue weighted by Gasteiger charge is 2.18. The van der Waals surface area contributed by atoms with E-state index in [1.54, 1.807) is 11.3 Å². The van der Waals surface area contributed by atoms with Gasteiger partial charge in [-0.2, -0.15) is 5.10 Å². The maximum Gasteiger partial charge on any atom is 0.346 e. The molecule has 10 heteroatoms. The maximum absolute atomic E-state index is 12.7. The van der Waals surface area contributed by atoms with E-state index in [0.29, 0.717) is 24.9 Å². The van der Waals surface area contributed by atoms with Crippen LogP contribution in [0, 0.1) is 0 Å². The first-order chi connectivity index (χ1) is 13.6. The number of anilines is 1. The second kappa shape index (κ2) is 8.73. The Morgan fingerprint density at radius 1 is 1.31 bits per heavy atom. The third-order valence-corrected chi connectivity index (χ3v) is 5.69. The van der Waals surface area contributed by atoms with Crippen LogP contribution in [0.4, 0.5) is 10.1 Å². The van der Waals surface area contributed by atoms with Crippen LogP contribution in [0.5, 0.6) is 0 Å². The molecule has 0 saturated carbocycles. The summed E-state index contributed by atoms with van der Waals surface area (Å²) in [5, 5.41) is 6.85. The van der Waals surface area contributed by atoms with E-state index in [9.17, 15) is 14.0 Å². The fraction of sp³-hybridized carbons (Fsp3) is 0.211. The molecule has 0 radical (unpaired) electrons. The average molecular weight is 436 g/mol. The molecule has 0 fully saturated rings. The minimum Gasteiger partial charge on any atom is -0.327 e. The Hall–Kier alpha value is -2.75. The molecule has 3 aromatic rings. The molecule has 7 nitrogen and oxygen atoms in total. The smallest absolute Gasteiger partial charge is 0.327 e. The number of nitrogens with one attached hydrogen (secondary N) is 1. The van der Waals surface area contributed by atoms with Crippen molar-refractivity contribution in [2.45, 2.75) is 19.5 Å². The number of fused-ring (bicyclic) bond motifs is 1. The summed E-state index contributed by atoms with van der Waals surface area (Å²) in [7, 11) is 0. The van der Waals surface area contributed by atoms with Crippen LogP contribution in [0.25, 0.3) is 10.4 Å². The van der Waals surface area contributed by atoms with Crippen molar-refractivity contribution >= 4 is 35.3 Å². The first-order valence-electron chi connectivity index (χ1n) is 8.69. The van der Waals surface area contributed by atoms with Crippen molar-refractivity contribution in [1.29, 1.82) is 0 Å². The van der Waals surface area contributed by atoms with Gasteiger partial charge in [-0.15, -0.1) is 23.7 Å². The Kier molecular flexibility index (Phi) is 6.31. The molecule has 0 saturated heterocycles. The van der Waals surface area contributed by atoms with Gasteiger partial charge in [-0.25, -0.2) is 13.9 Å². The number of rotatable bonds is 6. The van der Waals surface area contributed by atoms with Crippen LogP contribution in [0.3, 0.4) is 0 Å². The summed E-state index contributed by atoms with van der Waals surface area (Å²) in [4.78, 5) is 26.0. The van der Waals surface area contributed by atoms with Gasteiger partial charge in [-0.05, 0) is 41.0 Å². The number of amides is 1. The minimum absolute atomic E-state index is 0. The topological polar surface area (TPSA) is 94.9 Å². The molecular weight excluding hydrogens is 417 g/mol. The first kappa shape index (κ1) is 21.0. The lowest BCUT2D eigenvalue weighted by molar-refractivity contribution is -0.115. The van der Waals surface area contributed by atoms with Crippen LogP contribution in [0.15, 0.2) is 53.4 Å². The zero-order valence-corrected chi connectivity index (χ0v) is 16.9. The fourth-order valence-electron chi connectivity index (χ4n) is 3.09. The van der Waals surface area contributed by atoms with Gasteiger partial charge in [0.15, 0.2) is 0 Å². The number of benzene rings is 1. The van der Waals surface area contributed by atoms with Gasteiger partial charge in [0.25, 0.3) is 0 Å². The second-order valence-corrected chi connectivity index (χ2v) is 7.70. The predicted octanol–water partition coefficient (Wildman–Crippen LogP) is 2.55. The Bertz CT molecular complexity index is 1130. The van der Waals surface area contributed by atoms with E-state index < -0.39 is 0 Å². The van der Waals surface area contributed by atoms with Crippen LogP contribution in [-0.4, -0.2) is 26.8 Å². The lowest BCUT2D eigenvalue weighted by atomic mass is 10.1. The lowest BCUT2D eigenvalue weighted by Gasteiger charge is -2.02. The van der Waals surface area contributed by atoms with Crippen molar-refractivity contribution in [3.05, 3.63) is 69.5 Å². The van der Waals surface area contributed by atoms with E-state index in [1.165, 1.54) is 15.6 Å². The number of carbonyl (C=O) groups is 1. The average Bonchev–Trinajstić information content (AvgIpc) is 3.39. The van der Waals surface area contributed by atoms with E-state index >= 15 is 0 Å². The molecule has 1 aromatic carbocycles. The Morgan fingerprint density at radius 3 is 2.90 bits per heavy atom. The predicted molar refractivity (Wildman–Crippen MR) is 113 cm³/mol. The third kappa shape index (κ3) is 4.31. The summed E-state index contributed by atoms with van der Waals surface area (Å²) in [5.41, 5.74) is 8.31. The standard InChI is InChI=1S/C19H18FN5O2S.ClH/c20-7-12(8-21)9-25-19(27)24(11-22-25)10-15-2-4-17(28-15)13-1-3-16-14(5-13)6-18(26)23-16;/h1-5,7,11H,6,8-10,21H2,(H,23,26);1H/b12-7+;. The Balaban J connectivity index is 0.00000240. The van der Waals surface area contributed by atoms with E-state index in [2.05, 4.69) is 10.4 Å². The molecule has 2 aromatic heterocycles. The van der Waals surface area contributed by atoms with E-state index in [1.807, 2.05) is 30.3 Å². The summed E-state index contributed by atoms with van der Waals surface area (Å²) in [5.74, 6) is 0.0100. The number of nitrogens with zero attached hydrogens (tertiary/aromatic N) is 3. The van der Waals surface area contributed by atoms with Crippen molar-refractivity contribution in [2.24, 2.45) is 5.73 Å². The van der Waals surface area contributed by atoms with Gasteiger partial charge < -0.3 is 11.1 Å². The summed E-state index contributed by atoms with van der Waals surface area (Å²) in [6.07, 6.45) is 2.26. The SMILES string of the molecule is Cl.NC/C(=C\F)Cn1ncn(Cc2ccc(-c3ccc4c(c3)CC(=O)N4)s2)c1=O. The zero-order chi connectivity index (χ0) is 19.7. The molecule has 1 aliphatic heterocycles. The molecular formula is C19H19ClFN5O2S. The molecule has 1 amide bonds. The third-order valence-electron chi connectivity index (χ3n) is 4.57. The van der Waals surface area contributed by atoms with Crippen LogP contribution in [0.1, 0.15) is 10.4 Å². The van der Waals surface area contributed by atoms with Crippen LogP contribution >= 0.6 is 23.7 Å². The monoisotopic (exact) mass is 435 g/mol. The molecule has 0 atom stereocenters. The highest BCUT2D eigenvalue weighted by Crippen LogP contribution is 2.33. The first-order valence-corrected chi connectivity index (χ1v) is 9.51. The highest BCUT2D eigenvalue weighted by atomic mass is 35.5. The molecule has 0 bridgehead atoms. The van der Waals surface area contributed by atoms with Gasteiger partial charge >= 0.3 is 5.69 Å². The molecule has 4 rings (SSSR count). The lowest BCUT2D eigenvalue weighted by Crippen LogP contribution is -2.26. The largest absolute Gasteiger partial charge is 0.346 e. The molecule has 152 valence electrons. The van der Waals surface area contributed by atoms with Crippen molar-refractivity contribution < 1.29 is 9.18 Å². The molecule has 3 N–H and O–H groups in total. The van der Waals surface area contributed by atoms with Crippen molar-refractivity contribution in [1.82, 2.24) is 14.3 Å². The van der Waals surface area contributed by atoms with Crippen LogP contribution < -0.4 is 16.7 Å². The van der Waals surface area contributed by atoms with Gasteiger partial charge in [0.2, 0.25) is 5.91 Å². The summed E-state index contributed by atoms with van der Waals surface area (Å²) in [6, 6.07) is 9.87. The zero-order valence-electron chi connectivity index (χ0n) is 15.3. The van der Waals surface area contributed by atoms with E-state index in [4.69, 9.17) is 5.73 Å². The number of aromatic nitrogens is 3. The van der Waals surface area contributed by atoms with Crippen molar-refractivity contribution in [3.8, 4) is 10.4 Å². The summed E-state index contributed by atoms with van der Waals surface area (Å²) < 4.78 is 15.4. The van der Waals surface area contributed by atoms with Crippen LogP contribution in [-0.2, 0) is 24.3 Å². The molecule has 1 aliphatic rings. The highest BCUT2D eigenvalue weighted by molar-refractivity contribution is 7.15. The van der Waals surface area contributed by atoms with Crippen molar-refractivity contribution in [2.75, 3.05) is 11.9 Å². The summed E-state index contributed by atoms with van der Waals surface area (Å²) >= 11 is 1.57. The molecule has 29 heavy (non-hydrogen) atoms. The Morgan fingerprint density at radius 2 is 2.14 bits per heavy atom. The number of hydrogen-bond acceptors (Lipinski definition) is 5. The van der Waals surface area contributed by atoms with Gasteiger partial charge in [-0.1, -0.05) is 6.07 Å². The summed E-state index contributed by atoms with van der Waals surface area (Å²) in [6.45, 7) is 0.453.